The van der Waals surface area contributed by atoms with Gasteiger partial charge in [-0.1, -0.05) is 13.0 Å². The van der Waals surface area contributed by atoms with Crippen molar-refractivity contribution in [1.29, 1.82) is 0 Å². The van der Waals surface area contributed by atoms with E-state index in [1.54, 1.807) is 24.3 Å². The third-order valence-electron chi connectivity index (χ3n) is 2.55. The summed E-state index contributed by atoms with van der Waals surface area (Å²) in [7, 11) is 0. The fourth-order valence-electron chi connectivity index (χ4n) is 1.67. The second kappa shape index (κ2) is 8.74. The number of hydrogen-bond acceptors (Lipinski definition) is 2. The highest BCUT2D eigenvalue weighted by molar-refractivity contribution is 6.18. The molecule has 1 aromatic carbocycles. The molecule has 0 radical (unpaired) electrons. The largest absolute Gasteiger partial charge is 0.494 e. The molecule has 0 saturated carbocycles. The Bertz CT molecular complexity index is 429. The highest BCUT2D eigenvalue weighted by Crippen LogP contribution is 2.16. The molecular formula is C14H18ClF2NO2. The highest BCUT2D eigenvalue weighted by Gasteiger charge is 2.19. The van der Waals surface area contributed by atoms with Crippen molar-refractivity contribution in [2.75, 3.05) is 25.6 Å². The molecule has 0 saturated heterocycles. The number of nitrogens with zero attached hydrogens (tertiary/aromatic N) is 1. The first-order valence-electron chi connectivity index (χ1n) is 6.44. The number of halogens is 3. The van der Waals surface area contributed by atoms with E-state index in [-0.39, 0.29) is 12.4 Å². The standard InChI is InChI=1S/C14H18ClF2NO2/c1-2-8-20-12-5-3-4-11(9-12)14(19)18(7-6-15)10-13(16)17/h3-5,9,13H,2,6-8,10H2,1H3. The second-order valence-corrected chi connectivity index (χ2v) is 4.59. The first-order valence-corrected chi connectivity index (χ1v) is 6.98. The van der Waals surface area contributed by atoms with Crippen LogP contribution in [0.5, 0.6) is 5.75 Å². The maximum atomic E-state index is 12.5. The zero-order valence-corrected chi connectivity index (χ0v) is 12.1. The maximum Gasteiger partial charge on any atom is 0.255 e. The lowest BCUT2D eigenvalue weighted by molar-refractivity contribution is 0.0570. The molecule has 0 N–H and O–H groups in total. The second-order valence-electron chi connectivity index (χ2n) is 4.21. The van der Waals surface area contributed by atoms with Crippen LogP contribution in [0.3, 0.4) is 0 Å². The first kappa shape index (κ1) is 16.7. The molecule has 0 spiro atoms. The molecule has 0 unspecified atom stereocenters. The van der Waals surface area contributed by atoms with Crippen LogP contribution >= 0.6 is 11.6 Å². The maximum absolute atomic E-state index is 12.5. The summed E-state index contributed by atoms with van der Waals surface area (Å²) in [5, 5.41) is 0. The summed E-state index contributed by atoms with van der Waals surface area (Å²) >= 11 is 5.55. The zero-order chi connectivity index (χ0) is 15.0. The van der Waals surface area contributed by atoms with E-state index < -0.39 is 18.9 Å². The molecule has 0 atom stereocenters. The third-order valence-corrected chi connectivity index (χ3v) is 2.72. The van der Waals surface area contributed by atoms with E-state index in [1.165, 1.54) is 0 Å². The number of carbonyl (C=O) groups excluding carboxylic acids is 1. The van der Waals surface area contributed by atoms with Crippen molar-refractivity contribution in [3.63, 3.8) is 0 Å². The highest BCUT2D eigenvalue weighted by atomic mass is 35.5. The molecule has 0 aromatic heterocycles. The van der Waals surface area contributed by atoms with Crippen molar-refractivity contribution in [1.82, 2.24) is 4.90 Å². The number of alkyl halides is 3. The van der Waals surface area contributed by atoms with Gasteiger partial charge in [-0.2, -0.15) is 0 Å². The van der Waals surface area contributed by atoms with Crippen LogP contribution in [0.15, 0.2) is 24.3 Å². The Morgan fingerprint density at radius 2 is 2.20 bits per heavy atom. The quantitative estimate of drug-likeness (QED) is 0.689. The number of ether oxygens (including phenoxy) is 1. The SMILES string of the molecule is CCCOc1cccc(C(=O)N(CCCl)CC(F)F)c1. The summed E-state index contributed by atoms with van der Waals surface area (Å²) in [5.41, 5.74) is 0.323. The molecule has 3 nitrogen and oxygen atoms in total. The fourth-order valence-corrected chi connectivity index (χ4v) is 1.87. The molecule has 0 aliphatic rings. The lowest BCUT2D eigenvalue weighted by atomic mass is 10.2. The van der Waals surface area contributed by atoms with Crippen LogP contribution in [-0.2, 0) is 0 Å². The Morgan fingerprint density at radius 3 is 2.80 bits per heavy atom. The number of benzene rings is 1. The molecule has 1 rings (SSSR count). The van der Waals surface area contributed by atoms with E-state index in [4.69, 9.17) is 16.3 Å². The molecular weight excluding hydrogens is 288 g/mol. The van der Waals surface area contributed by atoms with Crippen LogP contribution in [0.2, 0.25) is 0 Å². The van der Waals surface area contributed by atoms with Crippen molar-refractivity contribution in [2.24, 2.45) is 0 Å². The van der Waals surface area contributed by atoms with Gasteiger partial charge in [-0.25, -0.2) is 8.78 Å². The normalized spacial score (nSPS) is 10.7. The Hall–Kier alpha value is -1.36. The molecule has 1 aromatic rings. The van der Waals surface area contributed by atoms with Crippen LogP contribution in [0.4, 0.5) is 8.78 Å². The van der Waals surface area contributed by atoms with Crippen LogP contribution in [0.25, 0.3) is 0 Å². The number of rotatable bonds is 8. The van der Waals surface area contributed by atoms with Gasteiger partial charge >= 0.3 is 0 Å². The van der Waals surface area contributed by atoms with Crippen LogP contribution in [0, 0.1) is 0 Å². The van der Waals surface area contributed by atoms with Crippen molar-refractivity contribution in [2.45, 2.75) is 19.8 Å². The van der Waals surface area contributed by atoms with Crippen LogP contribution in [-0.4, -0.2) is 42.8 Å². The number of amides is 1. The first-order chi connectivity index (χ1) is 9.58. The van der Waals surface area contributed by atoms with Crippen LogP contribution in [0.1, 0.15) is 23.7 Å². The Morgan fingerprint density at radius 1 is 1.45 bits per heavy atom. The van der Waals surface area contributed by atoms with E-state index in [2.05, 4.69) is 0 Å². The van der Waals surface area contributed by atoms with Gasteiger partial charge in [-0.3, -0.25) is 4.79 Å². The lowest BCUT2D eigenvalue weighted by Gasteiger charge is -2.21. The van der Waals surface area contributed by atoms with Crippen molar-refractivity contribution < 1.29 is 18.3 Å². The molecule has 0 heterocycles. The fraction of sp³-hybridized carbons (Fsp3) is 0.500. The molecule has 112 valence electrons. The number of carbonyl (C=O) groups is 1. The topological polar surface area (TPSA) is 29.5 Å². The van der Waals surface area contributed by atoms with Gasteiger partial charge in [-0.05, 0) is 24.6 Å². The average Bonchev–Trinajstić information content (AvgIpc) is 2.43. The summed E-state index contributed by atoms with van der Waals surface area (Å²) < 4.78 is 30.4. The predicted octanol–water partition coefficient (Wildman–Crippen LogP) is 3.42. The van der Waals surface area contributed by atoms with E-state index >= 15 is 0 Å². The van der Waals surface area contributed by atoms with Gasteiger partial charge in [-0.15, -0.1) is 11.6 Å². The van der Waals surface area contributed by atoms with Gasteiger partial charge in [0, 0.05) is 18.0 Å². The smallest absolute Gasteiger partial charge is 0.255 e. The van der Waals surface area contributed by atoms with Crippen molar-refractivity contribution in [3.05, 3.63) is 29.8 Å². The van der Waals surface area contributed by atoms with Crippen molar-refractivity contribution in [3.8, 4) is 5.75 Å². The molecule has 0 aliphatic carbocycles. The van der Waals surface area contributed by atoms with Gasteiger partial charge in [0.1, 0.15) is 5.75 Å². The minimum Gasteiger partial charge on any atom is -0.494 e. The molecule has 6 heteroatoms. The summed E-state index contributed by atoms with van der Waals surface area (Å²) in [6.45, 7) is 1.98. The Labute approximate surface area is 122 Å². The van der Waals surface area contributed by atoms with Crippen molar-refractivity contribution >= 4 is 17.5 Å². The van der Waals surface area contributed by atoms with Gasteiger partial charge in [0.25, 0.3) is 12.3 Å². The zero-order valence-electron chi connectivity index (χ0n) is 11.3. The summed E-state index contributed by atoms with van der Waals surface area (Å²) in [5.74, 6) is 0.207. The van der Waals surface area contributed by atoms with Gasteiger partial charge in [0.15, 0.2) is 0 Å². The van der Waals surface area contributed by atoms with Crippen LogP contribution < -0.4 is 4.74 Å². The molecule has 0 aliphatic heterocycles. The minimum absolute atomic E-state index is 0.0881. The average molecular weight is 306 g/mol. The van der Waals surface area contributed by atoms with E-state index in [1.807, 2.05) is 6.92 Å². The van der Waals surface area contributed by atoms with Gasteiger partial charge < -0.3 is 9.64 Å². The van der Waals surface area contributed by atoms with E-state index in [9.17, 15) is 13.6 Å². The Kier molecular flexibility index (Phi) is 7.30. The predicted molar refractivity (Wildman–Crippen MR) is 74.9 cm³/mol. The minimum atomic E-state index is -2.58. The summed E-state index contributed by atoms with van der Waals surface area (Å²) in [6.07, 6.45) is -1.73. The lowest BCUT2D eigenvalue weighted by Crippen LogP contribution is -2.36. The van der Waals surface area contributed by atoms with E-state index in [0.717, 1.165) is 11.3 Å². The molecule has 0 fully saturated rings. The monoisotopic (exact) mass is 305 g/mol. The summed E-state index contributed by atoms with van der Waals surface area (Å²) in [4.78, 5) is 13.2. The molecule has 20 heavy (non-hydrogen) atoms. The van der Waals surface area contributed by atoms with E-state index in [0.29, 0.717) is 17.9 Å². The number of hydrogen-bond donors (Lipinski definition) is 0. The summed E-state index contributed by atoms with van der Waals surface area (Å²) in [6, 6.07) is 6.53. The Balaban J connectivity index is 2.82. The molecule has 1 amide bonds. The van der Waals surface area contributed by atoms with Gasteiger partial charge in [0.05, 0.1) is 13.2 Å². The van der Waals surface area contributed by atoms with Gasteiger partial charge in [0.2, 0.25) is 0 Å². The third kappa shape index (κ3) is 5.33. The molecule has 0 bridgehead atoms.